The molecular formula is C18H24N6OS. The zero-order chi connectivity index (χ0) is 18.9. The Kier molecular flexibility index (Phi) is 5.19. The molecule has 138 valence electrons. The first-order valence-electron chi connectivity index (χ1n) is 8.93. The second-order valence-corrected chi connectivity index (χ2v) is 8.31. The van der Waals surface area contributed by atoms with E-state index < -0.39 is 5.54 Å². The van der Waals surface area contributed by atoms with Crippen LogP contribution in [0.15, 0.2) is 11.2 Å². The number of nitrogens with zero attached hydrogens (tertiary/aromatic N) is 6. The number of aromatic nitrogens is 4. The summed E-state index contributed by atoms with van der Waals surface area (Å²) in [5, 5.41) is 14.3. The second kappa shape index (κ2) is 7.23. The average molecular weight is 372 g/mol. The van der Waals surface area contributed by atoms with Crippen molar-refractivity contribution in [2.75, 3.05) is 7.05 Å². The Morgan fingerprint density at radius 3 is 2.69 bits per heavy atom. The summed E-state index contributed by atoms with van der Waals surface area (Å²) in [6.45, 7) is 5.71. The largest absolute Gasteiger partial charge is 0.326 e. The summed E-state index contributed by atoms with van der Waals surface area (Å²) in [4.78, 5) is 23.4. The van der Waals surface area contributed by atoms with E-state index in [1.807, 2.05) is 26.8 Å². The molecule has 0 aliphatic heterocycles. The molecule has 0 spiro atoms. The van der Waals surface area contributed by atoms with Crippen molar-refractivity contribution in [1.82, 2.24) is 24.5 Å². The molecule has 0 bridgehead atoms. The van der Waals surface area contributed by atoms with Gasteiger partial charge in [-0.3, -0.25) is 4.79 Å². The third-order valence-electron chi connectivity index (χ3n) is 5.09. The summed E-state index contributed by atoms with van der Waals surface area (Å²) in [5.41, 5.74) is 1.16. The highest BCUT2D eigenvalue weighted by molar-refractivity contribution is 8.00. The van der Waals surface area contributed by atoms with Crippen molar-refractivity contribution in [2.45, 2.75) is 68.8 Å². The summed E-state index contributed by atoms with van der Waals surface area (Å²) in [6.07, 6.45) is 4.61. The van der Waals surface area contributed by atoms with Gasteiger partial charge in [0.25, 0.3) is 5.78 Å². The van der Waals surface area contributed by atoms with Crippen LogP contribution in [0.25, 0.3) is 5.78 Å². The number of fused-ring (bicyclic) bond motifs is 1. The van der Waals surface area contributed by atoms with Gasteiger partial charge >= 0.3 is 0 Å². The van der Waals surface area contributed by atoms with Crippen LogP contribution in [-0.4, -0.2) is 48.2 Å². The highest BCUT2D eigenvalue weighted by Gasteiger charge is 2.40. The highest BCUT2D eigenvalue weighted by atomic mass is 32.2. The summed E-state index contributed by atoms with van der Waals surface area (Å²) >= 11 is 1.31. The number of aryl methyl sites for hydroxylation is 2. The number of hydrogen-bond acceptors (Lipinski definition) is 6. The monoisotopic (exact) mass is 372 g/mol. The normalized spacial score (nSPS) is 17.7. The molecule has 26 heavy (non-hydrogen) atoms. The minimum atomic E-state index is -0.675. The van der Waals surface area contributed by atoms with E-state index in [0.29, 0.717) is 10.9 Å². The van der Waals surface area contributed by atoms with Crippen molar-refractivity contribution in [3.8, 4) is 6.07 Å². The highest BCUT2D eigenvalue weighted by Crippen LogP contribution is 2.34. The molecule has 2 heterocycles. The third-order valence-corrected chi connectivity index (χ3v) is 6.03. The Balaban J connectivity index is 1.77. The number of rotatable bonds is 4. The molecule has 0 unspecified atom stereocenters. The van der Waals surface area contributed by atoms with Crippen LogP contribution in [0, 0.1) is 25.2 Å². The van der Waals surface area contributed by atoms with Crippen molar-refractivity contribution >= 4 is 23.4 Å². The van der Waals surface area contributed by atoms with Crippen LogP contribution in [0.1, 0.15) is 50.4 Å². The van der Waals surface area contributed by atoms with Crippen molar-refractivity contribution in [1.29, 1.82) is 5.26 Å². The molecule has 1 aliphatic rings. The Bertz CT molecular complexity index is 864. The fourth-order valence-corrected chi connectivity index (χ4v) is 4.39. The zero-order valence-corrected chi connectivity index (χ0v) is 16.5. The number of amides is 1. The molecule has 2 aromatic heterocycles. The molecular weight excluding hydrogens is 348 g/mol. The molecule has 1 aliphatic carbocycles. The van der Waals surface area contributed by atoms with Crippen molar-refractivity contribution in [2.24, 2.45) is 0 Å². The molecule has 3 rings (SSSR count). The number of thioether (sulfide) groups is 1. The first-order chi connectivity index (χ1) is 12.4. The van der Waals surface area contributed by atoms with Crippen molar-refractivity contribution < 1.29 is 4.79 Å². The first-order valence-corrected chi connectivity index (χ1v) is 9.81. The molecule has 1 amide bonds. The fourth-order valence-electron chi connectivity index (χ4n) is 3.55. The van der Waals surface area contributed by atoms with Crippen molar-refractivity contribution in [3.05, 3.63) is 17.5 Å². The van der Waals surface area contributed by atoms with Crippen LogP contribution in [-0.2, 0) is 4.79 Å². The van der Waals surface area contributed by atoms with Gasteiger partial charge in [0.2, 0.25) is 11.1 Å². The molecule has 1 atom stereocenters. The minimum absolute atomic E-state index is 0.0573. The SMILES string of the molecule is Cc1cc(C)n2nc(S[C@H](C)C(=O)N(C)C3(C#N)CCCCC3)nc2n1. The second-order valence-electron chi connectivity index (χ2n) is 7.01. The van der Waals surface area contributed by atoms with Crippen LogP contribution in [0.2, 0.25) is 0 Å². The molecule has 1 fully saturated rings. The molecule has 0 N–H and O–H groups in total. The lowest BCUT2D eigenvalue weighted by Crippen LogP contribution is -2.52. The van der Waals surface area contributed by atoms with Gasteiger partial charge in [-0.1, -0.05) is 31.0 Å². The third kappa shape index (κ3) is 3.40. The van der Waals surface area contributed by atoms with Crippen LogP contribution >= 0.6 is 11.8 Å². The van der Waals surface area contributed by atoms with E-state index in [1.54, 1.807) is 16.5 Å². The molecule has 8 heteroatoms. The topological polar surface area (TPSA) is 87.2 Å². The number of carbonyl (C=O) groups excluding carboxylic acids is 1. The lowest BCUT2D eigenvalue weighted by atomic mass is 9.81. The maximum absolute atomic E-state index is 12.9. The Labute approximate surface area is 157 Å². The van der Waals surface area contributed by atoms with Crippen LogP contribution in [0.4, 0.5) is 0 Å². The molecule has 7 nitrogen and oxygen atoms in total. The van der Waals surface area contributed by atoms with Crippen molar-refractivity contribution in [3.63, 3.8) is 0 Å². The van der Waals surface area contributed by atoms with Gasteiger partial charge in [0, 0.05) is 18.4 Å². The molecule has 0 radical (unpaired) electrons. The molecule has 0 aromatic carbocycles. The van der Waals surface area contributed by atoms with E-state index in [0.717, 1.165) is 43.5 Å². The van der Waals surface area contributed by atoms with Gasteiger partial charge in [-0.2, -0.15) is 10.2 Å². The number of carbonyl (C=O) groups is 1. The standard InChI is InChI=1S/C18H24N6OS/c1-12-10-13(2)24-16(20-12)21-17(22-24)26-14(3)15(25)23(4)18(11-19)8-6-5-7-9-18/h10,14H,5-9H2,1-4H3/t14-/m1/s1. The first kappa shape index (κ1) is 18.6. The van der Waals surface area contributed by atoms with Gasteiger partial charge < -0.3 is 4.90 Å². The summed E-state index contributed by atoms with van der Waals surface area (Å²) in [7, 11) is 1.75. The minimum Gasteiger partial charge on any atom is -0.326 e. The van der Waals surface area contributed by atoms with E-state index in [1.165, 1.54) is 11.8 Å². The molecule has 2 aromatic rings. The maximum Gasteiger partial charge on any atom is 0.253 e. The zero-order valence-electron chi connectivity index (χ0n) is 15.7. The van der Waals surface area contributed by atoms with E-state index in [2.05, 4.69) is 21.1 Å². The molecule has 0 saturated heterocycles. The quantitative estimate of drug-likeness (QED) is 0.767. The van der Waals surface area contributed by atoms with Gasteiger partial charge in [-0.25, -0.2) is 9.50 Å². The summed E-state index contributed by atoms with van der Waals surface area (Å²) in [5.74, 6) is 0.483. The Hall–Kier alpha value is -2.14. The lowest BCUT2D eigenvalue weighted by molar-refractivity contribution is -0.133. The van der Waals surface area contributed by atoms with Gasteiger partial charge in [0.15, 0.2) is 0 Å². The van der Waals surface area contributed by atoms with Gasteiger partial charge in [-0.05, 0) is 39.7 Å². The van der Waals surface area contributed by atoms with E-state index in [4.69, 9.17) is 0 Å². The number of hydrogen-bond donors (Lipinski definition) is 0. The predicted octanol–water partition coefficient (Wildman–Crippen LogP) is 2.91. The van der Waals surface area contributed by atoms with Gasteiger partial charge in [-0.15, -0.1) is 5.10 Å². The predicted molar refractivity (Wildman–Crippen MR) is 99.8 cm³/mol. The van der Waals surface area contributed by atoms with E-state index in [9.17, 15) is 10.1 Å². The number of nitriles is 1. The lowest BCUT2D eigenvalue weighted by Gasteiger charge is -2.39. The summed E-state index contributed by atoms with van der Waals surface area (Å²) < 4.78 is 1.69. The maximum atomic E-state index is 12.9. The molecule has 1 saturated carbocycles. The average Bonchev–Trinajstić information content (AvgIpc) is 3.03. The van der Waals surface area contributed by atoms with Gasteiger partial charge in [0.1, 0.15) is 5.54 Å². The van der Waals surface area contributed by atoms with E-state index >= 15 is 0 Å². The van der Waals surface area contributed by atoms with Crippen LogP contribution in [0.3, 0.4) is 0 Å². The summed E-state index contributed by atoms with van der Waals surface area (Å²) in [6, 6.07) is 4.35. The van der Waals surface area contributed by atoms with Crippen LogP contribution < -0.4 is 0 Å². The van der Waals surface area contributed by atoms with Crippen LogP contribution in [0.5, 0.6) is 0 Å². The van der Waals surface area contributed by atoms with E-state index in [-0.39, 0.29) is 11.2 Å². The Morgan fingerprint density at radius 2 is 2.04 bits per heavy atom. The Morgan fingerprint density at radius 1 is 1.35 bits per heavy atom. The smallest absolute Gasteiger partial charge is 0.253 e. The fraction of sp³-hybridized carbons (Fsp3) is 0.611. The van der Waals surface area contributed by atoms with Gasteiger partial charge in [0.05, 0.1) is 11.3 Å².